The van der Waals surface area contributed by atoms with E-state index in [-0.39, 0.29) is 36.3 Å². The van der Waals surface area contributed by atoms with Gasteiger partial charge in [0.1, 0.15) is 6.04 Å². The van der Waals surface area contributed by atoms with Crippen LogP contribution in [0.25, 0.3) is 0 Å². The number of benzene rings is 2. The van der Waals surface area contributed by atoms with Crippen molar-refractivity contribution in [3.05, 3.63) is 66.2 Å². The summed E-state index contributed by atoms with van der Waals surface area (Å²) in [4.78, 5) is 26.1. The number of aliphatic hydroxyl groups is 1. The molecule has 6 heteroatoms. The average Bonchev–Trinajstić information content (AvgIpc) is 2.74. The van der Waals surface area contributed by atoms with Crippen LogP contribution in [0.2, 0.25) is 0 Å². The molecule has 0 saturated heterocycles. The molecule has 3 atom stereocenters. The molecule has 31 heavy (non-hydrogen) atoms. The Hall–Kier alpha value is -2.70. The number of para-hydroxylation sites is 1. The van der Waals surface area contributed by atoms with Crippen LogP contribution >= 0.6 is 0 Å². The third-order valence-corrected chi connectivity index (χ3v) is 5.10. The van der Waals surface area contributed by atoms with E-state index in [1.807, 2.05) is 88.4 Å². The molecule has 0 radical (unpaired) electrons. The van der Waals surface area contributed by atoms with Gasteiger partial charge in [-0.15, -0.1) is 0 Å². The molecule has 2 aromatic carbocycles. The van der Waals surface area contributed by atoms with Gasteiger partial charge < -0.3 is 15.7 Å². The summed E-state index contributed by atoms with van der Waals surface area (Å²) in [7, 11) is 0. The summed E-state index contributed by atoms with van der Waals surface area (Å²) >= 11 is 0. The molecule has 0 fully saturated rings. The number of carbonyl (C=O) groups is 2. The van der Waals surface area contributed by atoms with Crippen LogP contribution in [0.5, 0.6) is 0 Å². The molecule has 2 aromatic rings. The molecule has 0 saturated carbocycles. The summed E-state index contributed by atoms with van der Waals surface area (Å²) in [5.41, 5.74) is 1.60. The Morgan fingerprint density at radius 2 is 1.45 bits per heavy atom. The van der Waals surface area contributed by atoms with Crippen molar-refractivity contribution in [3.8, 4) is 0 Å². The zero-order chi connectivity index (χ0) is 22.8. The topological polar surface area (TPSA) is 90.5 Å². The third-order valence-electron chi connectivity index (χ3n) is 5.10. The van der Waals surface area contributed by atoms with Gasteiger partial charge in [0.25, 0.3) is 0 Å². The van der Waals surface area contributed by atoms with Crippen LogP contribution in [-0.4, -0.2) is 35.6 Å². The van der Waals surface area contributed by atoms with Gasteiger partial charge in [-0.25, -0.2) is 0 Å². The molecule has 2 rings (SSSR count). The lowest BCUT2D eigenvalue weighted by Gasteiger charge is -2.29. The first kappa shape index (κ1) is 24.6. The van der Waals surface area contributed by atoms with Crippen LogP contribution in [0.4, 0.5) is 5.69 Å². The molecule has 2 amide bonds. The summed E-state index contributed by atoms with van der Waals surface area (Å²) in [6.07, 6.45) is 0.525. The van der Waals surface area contributed by atoms with E-state index in [2.05, 4.69) is 16.0 Å². The molecule has 6 nitrogen and oxygen atoms in total. The van der Waals surface area contributed by atoms with Crippen molar-refractivity contribution in [3.63, 3.8) is 0 Å². The number of hydrogen-bond donors (Lipinski definition) is 4. The van der Waals surface area contributed by atoms with Crippen molar-refractivity contribution in [1.29, 1.82) is 0 Å². The van der Waals surface area contributed by atoms with Crippen LogP contribution in [0.1, 0.15) is 45.7 Å². The highest BCUT2D eigenvalue weighted by molar-refractivity contribution is 5.97. The van der Waals surface area contributed by atoms with Gasteiger partial charge in [0.15, 0.2) is 0 Å². The Morgan fingerprint density at radius 1 is 0.871 bits per heavy atom. The minimum atomic E-state index is -0.653. The zero-order valence-electron chi connectivity index (χ0n) is 18.8. The smallest absolute Gasteiger partial charge is 0.246 e. The summed E-state index contributed by atoms with van der Waals surface area (Å²) in [6, 6.07) is 17.2. The lowest BCUT2D eigenvalue weighted by molar-refractivity contribution is -0.129. The van der Waals surface area contributed by atoms with Gasteiger partial charge in [-0.2, -0.15) is 0 Å². The van der Waals surface area contributed by atoms with E-state index in [1.54, 1.807) is 0 Å². The van der Waals surface area contributed by atoms with E-state index >= 15 is 0 Å². The Balaban J connectivity index is 2.13. The Morgan fingerprint density at radius 3 is 1.97 bits per heavy atom. The van der Waals surface area contributed by atoms with Crippen molar-refractivity contribution in [1.82, 2.24) is 10.6 Å². The number of amides is 2. The average molecular weight is 426 g/mol. The van der Waals surface area contributed by atoms with Gasteiger partial charge >= 0.3 is 0 Å². The lowest BCUT2D eigenvalue weighted by Crippen LogP contribution is -2.54. The molecular weight excluding hydrogens is 390 g/mol. The predicted octanol–water partition coefficient (Wildman–Crippen LogP) is 3.50. The van der Waals surface area contributed by atoms with Gasteiger partial charge in [0.05, 0.1) is 18.7 Å². The summed E-state index contributed by atoms with van der Waals surface area (Å²) in [5, 5.41) is 19.0. The second-order valence-electron chi connectivity index (χ2n) is 8.58. The number of nitrogens with one attached hydrogen (secondary N) is 3. The normalized spacial score (nSPS) is 14.2. The Kier molecular flexibility index (Phi) is 9.69. The maximum Gasteiger partial charge on any atom is 0.246 e. The maximum atomic E-state index is 13.2. The van der Waals surface area contributed by atoms with Crippen molar-refractivity contribution >= 4 is 17.5 Å². The van der Waals surface area contributed by atoms with Crippen LogP contribution in [0.15, 0.2) is 60.7 Å². The van der Waals surface area contributed by atoms with Crippen molar-refractivity contribution in [2.45, 2.75) is 52.2 Å². The molecular formula is C25H35N3O3. The van der Waals surface area contributed by atoms with E-state index in [0.29, 0.717) is 12.1 Å². The minimum absolute atomic E-state index is 0.0327. The minimum Gasteiger partial charge on any atom is -0.394 e. The SMILES string of the molecule is CC(C)C[C@H](NC(=O)[C@@H](N[C@H](CO)c1ccccc1)C(C)C)C(=O)Nc1ccccc1. The van der Waals surface area contributed by atoms with Crippen molar-refractivity contribution < 1.29 is 14.7 Å². The largest absolute Gasteiger partial charge is 0.394 e. The van der Waals surface area contributed by atoms with Crippen LogP contribution in [0.3, 0.4) is 0 Å². The van der Waals surface area contributed by atoms with E-state index in [4.69, 9.17) is 0 Å². The highest BCUT2D eigenvalue weighted by Crippen LogP contribution is 2.16. The molecule has 4 N–H and O–H groups in total. The fourth-order valence-electron chi connectivity index (χ4n) is 3.44. The number of hydrogen-bond acceptors (Lipinski definition) is 4. The van der Waals surface area contributed by atoms with E-state index in [9.17, 15) is 14.7 Å². The molecule has 0 bridgehead atoms. The lowest BCUT2D eigenvalue weighted by atomic mass is 9.98. The van der Waals surface area contributed by atoms with Gasteiger partial charge in [-0.3, -0.25) is 14.9 Å². The fourth-order valence-corrected chi connectivity index (χ4v) is 3.44. The van der Waals surface area contributed by atoms with Crippen molar-refractivity contribution in [2.75, 3.05) is 11.9 Å². The summed E-state index contributed by atoms with van der Waals surface area (Å²) in [6.45, 7) is 7.79. The second-order valence-corrected chi connectivity index (χ2v) is 8.58. The molecule has 0 aliphatic rings. The monoisotopic (exact) mass is 425 g/mol. The first-order valence-corrected chi connectivity index (χ1v) is 10.9. The zero-order valence-corrected chi connectivity index (χ0v) is 18.8. The molecule has 0 aliphatic heterocycles. The number of carbonyl (C=O) groups excluding carboxylic acids is 2. The summed E-state index contributed by atoms with van der Waals surface area (Å²) in [5.74, 6) is -0.294. The highest BCUT2D eigenvalue weighted by atomic mass is 16.3. The maximum absolute atomic E-state index is 13.2. The van der Waals surface area contributed by atoms with E-state index in [1.165, 1.54) is 0 Å². The molecule has 0 aromatic heterocycles. The highest BCUT2D eigenvalue weighted by Gasteiger charge is 2.30. The van der Waals surface area contributed by atoms with Crippen LogP contribution in [-0.2, 0) is 9.59 Å². The van der Waals surface area contributed by atoms with Gasteiger partial charge in [0, 0.05) is 5.69 Å². The molecule has 0 aliphatic carbocycles. The van der Waals surface area contributed by atoms with Crippen LogP contribution < -0.4 is 16.0 Å². The fraction of sp³-hybridized carbons (Fsp3) is 0.440. The Labute approximate surface area is 185 Å². The number of rotatable bonds is 11. The molecule has 0 heterocycles. The third kappa shape index (κ3) is 7.81. The number of anilines is 1. The molecule has 168 valence electrons. The van der Waals surface area contributed by atoms with Crippen LogP contribution in [0, 0.1) is 11.8 Å². The van der Waals surface area contributed by atoms with Crippen molar-refractivity contribution in [2.24, 2.45) is 11.8 Å². The second kappa shape index (κ2) is 12.2. The summed E-state index contributed by atoms with van der Waals surface area (Å²) < 4.78 is 0. The van der Waals surface area contributed by atoms with E-state index in [0.717, 1.165) is 5.56 Å². The van der Waals surface area contributed by atoms with Gasteiger partial charge in [0.2, 0.25) is 11.8 Å². The molecule has 0 spiro atoms. The van der Waals surface area contributed by atoms with Gasteiger partial charge in [-0.1, -0.05) is 76.2 Å². The predicted molar refractivity (Wildman–Crippen MR) is 124 cm³/mol. The Bertz CT molecular complexity index is 809. The standard InChI is InChI=1S/C25H35N3O3/c1-17(2)15-21(24(30)26-20-13-9-6-10-14-20)28-25(31)23(18(3)4)27-22(16-29)19-11-7-5-8-12-19/h5-14,17-18,21-23,27,29H,15-16H2,1-4H3,(H,26,30)(H,28,31)/t21-,22+,23-/m0/s1. The first-order valence-electron chi connectivity index (χ1n) is 10.9. The molecule has 0 unspecified atom stereocenters. The van der Waals surface area contributed by atoms with Gasteiger partial charge in [-0.05, 0) is 36.0 Å². The quantitative estimate of drug-likeness (QED) is 0.444. The number of aliphatic hydroxyl groups excluding tert-OH is 1. The first-order chi connectivity index (χ1) is 14.8. The van der Waals surface area contributed by atoms with E-state index < -0.39 is 12.1 Å².